The number of halogens is 1. The van der Waals surface area contributed by atoms with Crippen molar-refractivity contribution in [2.75, 3.05) is 16.3 Å². The van der Waals surface area contributed by atoms with E-state index in [2.05, 4.69) is 22.9 Å². The van der Waals surface area contributed by atoms with Gasteiger partial charge < -0.3 is 15.2 Å². The Hall–Kier alpha value is -2.32. The largest absolute Gasteiger partial charge is 0.492 e. The van der Waals surface area contributed by atoms with Crippen molar-refractivity contribution >= 4 is 45.2 Å². The molecule has 0 saturated heterocycles. The lowest BCUT2D eigenvalue weighted by atomic mass is 10.1. The van der Waals surface area contributed by atoms with Crippen LogP contribution in [-0.4, -0.2) is 25.2 Å². The first-order valence-corrected chi connectivity index (χ1v) is 10.5. The molecule has 0 aliphatic heterocycles. The lowest BCUT2D eigenvalue weighted by Gasteiger charge is -2.19. The predicted molar refractivity (Wildman–Crippen MR) is 126 cm³/mol. The van der Waals surface area contributed by atoms with E-state index >= 15 is 0 Å². The number of rotatable bonds is 7. The Morgan fingerprint density at radius 1 is 1.10 bits per heavy atom. The van der Waals surface area contributed by atoms with Crippen LogP contribution in [0.1, 0.15) is 29.8 Å². The molecule has 6 heteroatoms. The third-order valence-corrected chi connectivity index (χ3v) is 5.37. The van der Waals surface area contributed by atoms with Crippen molar-refractivity contribution in [1.29, 1.82) is 0 Å². The fraction of sp³-hybridized carbons (Fsp3) is 0.261. The molecule has 0 heterocycles. The fourth-order valence-electron chi connectivity index (χ4n) is 3.07. The average Bonchev–Trinajstić information content (AvgIpc) is 2.71. The van der Waals surface area contributed by atoms with Crippen molar-refractivity contribution in [2.24, 2.45) is 5.73 Å². The summed E-state index contributed by atoms with van der Waals surface area (Å²) in [6, 6.07) is 17.4. The smallest absolute Gasteiger partial charge is 0.267 e. The summed E-state index contributed by atoms with van der Waals surface area (Å²) in [5.41, 5.74) is 7.83. The van der Waals surface area contributed by atoms with Crippen molar-refractivity contribution in [3.05, 3.63) is 65.7 Å². The molecule has 29 heavy (non-hydrogen) atoms. The van der Waals surface area contributed by atoms with Crippen LogP contribution in [0.25, 0.3) is 10.8 Å². The second-order valence-electron chi connectivity index (χ2n) is 7.03. The fourth-order valence-corrected chi connectivity index (χ4v) is 3.76. The van der Waals surface area contributed by atoms with Gasteiger partial charge in [-0.2, -0.15) is 0 Å². The van der Waals surface area contributed by atoms with Gasteiger partial charge in [0, 0.05) is 17.5 Å². The SMILES string of the molecule is Cc1ccc(OCCN)cc1C(=O)N(I)c1cccc2cc(OC(C)C)ccc12. The van der Waals surface area contributed by atoms with E-state index in [1.807, 2.05) is 69.3 Å². The first-order chi connectivity index (χ1) is 13.9. The summed E-state index contributed by atoms with van der Waals surface area (Å²) < 4.78 is 13.0. The summed E-state index contributed by atoms with van der Waals surface area (Å²) in [6.07, 6.45) is 0.107. The number of anilines is 1. The predicted octanol–water partition coefficient (Wildman–Crippen LogP) is 5.27. The molecule has 0 fully saturated rings. The third-order valence-electron chi connectivity index (χ3n) is 4.42. The molecule has 0 unspecified atom stereocenters. The van der Waals surface area contributed by atoms with Gasteiger partial charge in [-0.1, -0.05) is 18.2 Å². The van der Waals surface area contributed by atoms with Gasteiger partial charge in [0.15, 0.2) is 0 Å². The Bertz CT molecular complexity index is 1020. The van der Waals surface area contributed by atoms with E-state index in [1.54, 1.807) is 9.18 Å². The summed E-state index contributed by atoms with van der Waals surface area (Å²) in [4.78, 5) is 13.3. The Morgan fingerprint density at radius 3 is 2.59 bits per heavy atom. The highest BCUT2D eigenvalue weighted by Gasteiger charge is 2.20. The molecule has 0 atom stereocenters. The summed E-state index contributed by atoms with van der Waals surface area (Å²) in [5.74, 6) is 1.36. The number of fused-ring (bicyclic) bond motifs is 1. The topological polar surface area (TPSA) is 64.8 Å². The molecule has 0 aromatic heterocycles. The molecular formula is C23H25IN2O3. The molecular weight excluding hydrogens is 479 g/mol. The number of benzene rings is 3. The van der Waals surface area contributed by atoms with Gasteiger partial charge in [0.1, 0.15) is 18.1 Å². The second kappa shape index (κ2) is 9.45. The van der Waals surface area contributed by atoms with Crippen molar-refractivity contribution < 1.29 is 14.3 Å². The highest BCUT2D eigenvalue weighted by molar-refractivity contribution is 14.1. The number of nitrogens with zero attached hydrogens (tertiary/aromatic N) is 1. The Kier molecular flexibility index (Phi) is 6.97. The zero-order chi connectivity index (χ0) is 21.0. The summed E-state index contributed by atoms with van der Waals surface area (Å²) in [6.45, 7) is 6.75. The summed E-state index contributed by atoms with van der Waals surface area (Å²) in [7, 11) is 0. The molecule has 0 spiro atoms. The number of amides is 1. The standard InChI is InChI=1S/C23H25IN2O3/c1-15(2)29-19-9-10-20-17(13-19)5-4-6-22(20)26(24)23(27)21-14-18(28-12-11-25)8-7-16(21)3/h4-10,13-15H,11-12,25H2,1-3H3. The van der Waals surface area contributed by atoms with Gasteiger partial charge in [-0.3, -0.25) is 4.79 Å². The minimum absolute atomic E-state index is 0.101. The Labute approximate surface area is 185 Å². The highest BCUT2D eigenvalue weighted by atomic mass is 127. The van der Waals surface area contributed by atoms with E-state index in [4.69, 9.17) is 15.2 Å². The van der Waals surface area contributed by atoms with Crippen molar-refractivity contribution in [1.82, 2.24) is 0 Å². The maximum atomic E-state index is 13.3. The van der Waals surface area contributed by atoms with Crippen LogP contribution in [0.2, 0.25) is 0 Å². The number of ether oxygens (including phenoxy) is 2. The van der Waals surface area contributed by atoms with Crippen molar-refractivity contribution in [3.63, 3.8) is 0 Å². The maximum Gasteiger partial charge on any atom is 0.267 e. The lowest BCUT2D eigenvalue weighted by molar-refractivity contribution is 0.101. The minimum Gasteiger partial charge on any atom is -0.492 e. The van der Waals surface area contributed by atoms with Crippen LogP contribution in [0.3, 0.4) is 0 Å². The van der Waals surface area contributed by atoms with Crippen LogP contribution in [0.5, 0.6) is 11.5 Å². The normalized spacial score (nSPS) is 11.0. The number of nitrogens with two attached hydrogens (primary N) is 1. The van der Waals surface area contributed by atoms with Gasteiger partial charge in [-0.05, 0) is 68.1 Å². The van der Waals surface area contributed by atoms with Gasteiger partial charge in [-0.25, -0.2) is 3.11 Å². The van der Waals surface area contributed by atoms with E-state index in [0.717, 1.165) is 27.8 Å². The van der Waals surface area contributed by atoms with E-state index in [-0.39, 0.29) is 12.0 Å². The van der Waals surface area contributed by atoms with Crippen LogP contribution < -0.4 is 18.3 Å². The van der Waals surface area contributed by atoms with Crippen molar-refractivity contribution in [3.8, 4) is 11.5 Å². The quantitative estimate of drug-likeness (QED) is 0.352. The number of hydrogen-bond donors (Lipinski definition) is 1. The van der Waals surface area contributed by atoms with E-state index in [0.29, 0.717) is 24.5 Å². The zero-order valence-corrected chi connectivity index (χ0v) is 19.0. The maximum absolute atomic E-state index is 13.3. The molecule has 5 nitrogen and oxygen atoms in total. The zero-order valence-electron chi connectivity index (χ0n) is 16.8. The second-order valence-corrected chi connectivity index (χ2v) is 7.99. The average molecular weight is 504 g/mol. The molecule has 3 aromatic carbocycles. The van der Waals surface area contributed by atoms with Gasteiger partial charge >= 0.3 is 0 Å². The Morgan fingerprint density at radius 2 is 1.86 bits per heavy atom. The van der Waals surface area contributed by atoms with E-state index < -0.39 is 0 Å². The minimum atomic E-state index is -0.101. The first-order valence-electron chi connectivity index (χ1n) is 9.54. The number of carbonyl (C=O) groups is 1. The van der Waals surface area contributed by atoms with Gasteiger partial charge in [-0.15, -0.1) is 0 Å². The first kappa shape index (κ1) is 21.4. The molecule has 0 aliphatic rings. The molecule has 3 rings (SSSR count). The molecule has 152 valence electrons. The van der Waals surface area contributed by atoms with Crippen LogP contribution in [-0.2, 0) is 0 Å². The van der Waals surface area contributed by atoms with Crippen LogP contribution >= 0.6 is 22.9 Å². The number of hydrogen-bond acceptors (Lipinski definition) is 4. The molecule has 0 radical (unpaired) electrons. The number of carbonyl (C=O) groups excluding carboxylic acids is 1. The van der Waals surface area contributed by atoms with Crippen molar-refractivity contribution in [2.45, 2.75) is 26.9 Å². The molecule has 2 N–H and O–H groups in total. The lowest BCUT2D eigenvalue weighted by Crippen LogP contribution is -2.21. The molecule has 1 amide bonds. The summed E-state index contributed by atoms with van der Waals surface area (Å²) in [5, 5.41) is 2.01. The highest BCUT2D eigenvalue weighted by Crippen LogP contribution is 2.33. The number of aryl methyl sites for hydroxylation is 1. The monoisotopic (exact) mass is 504 g/mol. The molecule has 3 aromatic rings. The van der Waals surface area contributed by atoms with Crippen LogP contribution in [0, 0.1) is 6.92 Å². The molecule has 0 bridgehead atoms. The van der Waals surface area contributed by atoms with Crippen LogP contribution in [0.4, 0.5) is 5.69 Å². The van der Waals surface area contributed by atoms with Crippen LogP contribution in [0.15, 0.2) is 54.6 Å². The van der Waals surface area contributed by atoms with Gasteiger partial charge in [0.2, 0.25) is 0 Å². The Balaban J connectivity index is 1.94. The third kappa shape index (κ3) is 5.00. The summed E-state index contributed by atoms with van der Waals surface area (Å²) >= 11 is 2.06. The van der Waals surface area contributed by atoms with Gasteiger partial charge in [0.05, 0.1) is 34.7 Å². The van der Waals surface area contributed by atoms with E-state index in [9.17, 15) is 4.79 Å². The molecule has 0 saturated carbocycles. The van der Waals surface area contributed by atoms with Gasteiger partial charge in [0.25, 0.3) is 5.91 Å². The van der Waals surface area contributed by atoms with E-state index in [1.165, 1.54) is 0 Å². The molecule has 0 aliphatic carbocycles.